The Kier molecular flexibility index (Phi) is 4.54. The smallest absolute Gasteiger partial charge is 0.412 e. The maximum absolute atomic E-state index is 13.8. The van der Waals surface area contributed by atoms with Gasteiger partial charge >= 0.3 is 6.09 Å². The van der Waals surface area contributed by atoms with E-state index in [1.807, 2.05) is 0 Å². The zero-order valence-electron chi connectivity index (χ0n) is 13.1. The molecule has 1 amide bonds. The molecule has 122 valence electrons. The van der Waals surface area contributed by atoms with Gasteiger partial charge < -0.3 is 10.5 Å². The van der Waals surface area contributed by atoms with Crippen LogP contribution in [0, 0.1) is 11.6 Å². The lowest BCUT2D eigenvalue weighted by molar-refractivity contribution is 0.0636. The Morgan fingerprint density at radius 2 is 1.83 bits per heavy atom. The van der Waals surface area contributed by atoms with Gasteiger partial charge in [-0.3, -0.25) is 5.32 Å². The van der Waals surface area contributed by atoms with Gasteiger partial charge in [0, 0.05) is 11.6 Å². The molecule has 4 nitrogen and oxygen atoms in total. The zero-order valence-corrected chi connectivity index (χ0v) is 13.1. The molecule has 3 N–H and O–H groups in total. The number of rotatable bonds is 2. The molecule has 0 radical (unpaired) electrons. The minimum Gasteiger partial charge on any atom is -0.444 e. The van der Waals surface area contributed by atoms with Crippen LogP contribution in [0.4, 0.5) is 25.0 Å². The largest absolute Gasteiger partial charge is 0.444 e. The topological polar surface area (TPSA) is 64.3 Å². The number of carbonyl (C=O) groups is 1. The van der Waals surface area contributed by atoms with E-state index >= 15 is 0 Å². The van der Waals surface area contributed by atoms with Gasteiger partial charge in [0.15, 0.2) is 0 Å². The highest BCUT2D eigenvalue weighted by molar-refractivity contribution is 5.90. The Morgan fingerprint density at radius 1 is 1.13 bits per heavy atom. The van der Waals surface area contributed by atoms with Gasteiger partial charge in [-0.1, -0.05) is 6.07 Å². The first-order valence-corrected chi connectivity index (χ1v) is 7.01. The van der Waals surface area contributed by atoms with Crippen molar-refractivity contribution in [2.45, 2.75) is 26.4 Å². The Morgan fingerprint density at radius 3 is 2.39 bits per heavy atom. The van der Waals surface area contributed by atoms with Crippen LogP contribution in [-0.2, 0) is 4.74 Å². The Labute approximate surface area is 133 Å². The third-order valence-corrected chi connectivity index (χ3v) is 2.93. The Bertz CT molecular complexity index is 740. The van der Waals surface area contributed by atoms with E-state index in [0.29, 0.717) is 11.3 Å². The van der Waals surface area contributed by atoms with E-state index < -0.39 is 23.3 Å². The highest BCUT2D eigenvalue weighted by Crippen LogP contribution is 2.29. The van der Waals surface area contributed by atoms with Gasteiger partial charge in [-0.15, -0.1) is 0 Å². The Hall–Kier alpha value is -2.63. The van der Waals surface area contributed by atoms with Crippen LogP contribution in [0.3, 0.4) is 0 Å². The van der Waals surface area contributed by atoms with E-state index in [-0.39, 0.29) is 11.3 Å². The molecule has 0 bridgehead atoms. The molecular weight excluding hydrogens is 302 g/mol. The summed E-state index contributed by atoms with van der Waals surface area (Å²) in [5.74, 6) is -1.33. The van der Waals surface area contributed by atoms with Crippen molar-refractivity contribution in [3.63, 3.8) is 0 Å². The quantitative estimate of drug-likeness (QED) is 0.797. The summed E-state index contributed by atoms with van der Waals surface area (Å²) in [7, 11) is 0. The number of ether oxygens (including phenoxy) is 1. The number of benzene rings is 2. The average Bonchev–Trinajstić information content (AvgIpc) is 2.39. The molecule has 0 saturated heterocycles. The van der Waals surface area contributed by atoms with E-state index in [1.165, 1.54) is 24.3 Å². The molecule has 0 atom stereocenters. The van der Waals surface area contributed by atoms with Crippen LogP contribution in [0.25, 0.3) is 11.1 Å². The number of nitrogens with two attached hydrogens (primary N) is 1. The van der Waals surface area contributed by atoms with Crippen LogP contribution in [0.15, 0.2) is 36.4 Å². The van der Waals surface area contributed by atoms with Crippen molar-refractivity contribution in [3.05, 3.63) is 48.0 Å². The normalized spacial score (nSPS) is 11.2. The van der Waals surface area contributed by atoms with Gasteiger partial charge in [0.2, 0.25) is 0 Å². The number of hydrogen-bond donors (Lipinski definition) is 2. The number of carbonyl (C=O) groups excluding carboxylic acids is 1. The van der Waals surface area contributed by atoms with Crippen molar-refractivity contribution in [2.75, 3.05) is 11.1 Å². The molecule has 0 aliphatic heterocycles. The Balaban J connectivity index is 2.22. The summed E-state index contributed by atoms with van der Waals surface area (Å²) in [5, 5.41) is 2.53. The first-order valence-electron chi connectivity index (χ1n) is 7.01. The fraction of sp³-hybridized carbons (Fsp3) is 0.235. The van der Waals surface area contributed by atoms with Gasteiger partial charge in [-0.2, -0.15) is 0 Å². The van der Waals surface area contributed by atoms with E-state index in [2.05, 4.69) is 5.32 Å². The van der Waals surface area contributed by atoms with E-state index in [9.17, 15) is 13.6 Å². The second kappa shape index (κ2) is 6.24. The molecule has 0 spiro atoms. The van der Waals surface area contributed by atoms with Gasteiger partial charge in [0.1, 0.15) is 17.2 Å². The molecule has 0 aliphatic carbocycles. The van der Waals surface area contributed by atoms with Crippen LogP contribution in [0.5, 0.6) is 0 Å². The van der Waals surface area contributed by atoms with E-state index in [1.54, 1.807) is 26.8 Å². The molecule has 0 saturated carbocycles. The highest BCUT2D eigenvalue weighted by atomic mass is 19.1. The van der Waals surface area contributed by atoms with Crippen molar-refractivity contribution in [3.8, 4) is 11.1 Å². The fourth-order valence-electron chi connectivity index (χ4n) is 1.98. The third-order valence-electron chi connectivity index (χ3n) is 2.93. The maximum atomic E-state index is 13.8. The molecule has 0 aromatic heterocycles. The lowest BCUT2D eigenvalue weighted by Crippen LogP contribution is -2.27. The molecular formula is C17H18F2N2O2. The van der Waals surface area contributed by atoms with Crippen molar-refractivity contribution >= 4 is 17.5 Å². The van der Waals surface area contributed by atoms with Crippen molar-refractivity contribution in [2.24, 2.45) is 0 Å². The number of amides is 1. The minimum atomic E-state index is -0.683. The lowest BCUT2D eigenvalue weighted by atomic mass is 10.0. The SMILES string of the molecule is CC(C)(C)OC(=O)Nc1ccc(-c2ccc(F)cc2F)cc1N. The van der Waals surface area contributed by atoms with Crippen molar-refractivity contribution in [1.29, 1.82) is 0 Å². The molecule has 0 fully saturated rings. The van der Waals surface area contributed by atoms with E-state index in [4.69, 9.17) is 10.5 Å². The summed E-state index contributed by atoms with van der Waals surface area (Å²) < 4.78 is 31.9. The molecule has 0 unspecified atom stereocenters. The fourth-order valence-corrected chi connectivity index (χ4v) is 1.98. The number of hydrogen-bond acceptors (Lipinski definition) is 3. The van der Waals surface area contributed by atoms with Gasteiger partial charge in [-0.05, 0) is 50.6 Å². The summed E-state index contributed by atoms with van der Waals surface area (Å²) in [6.45, 7) is 5.24. The summed E-state index contributed by atoms with van der Waals surface area (Å²) in [6.07, 6.45) is -0.634. The van der Waals surface area contributed by atoms with Gasteiger partial charge in [0.25, 0.3) is 0 Å². The molecule has 2 aromatic carbocycles. The van der Waals surface area contributed by atoms with Gasteiger partial charge in [0.05, 0.1) is 11.4 Å². The summed E-state index contributed by atoms with van der Waals surface area (Å²) in [6, 6.07) is 7.93. The highest BCUT2D eigenvalue weighted by Gasteiger charge is 2.17. The van der Waals surface area contributed by atoms with Gasteiger partial charge in [-0.25, -0.2) is 13.6 Å². The predicted molar refractivity (Wildman–Crippen MR) is 86.1 cm³/mol. The van der Waals surface area contributed by atoms with E-state index in [0.717, 1.165) is 6.07 Å². The standard InChI is InChI=1S/C17H18F2N2O2/c1-17(2,3)23-16(22)21-15-7-4-10(8-14(15)20)12-6-5-11(18)9-13(12)19/h4-9H,20H2,1-3H3,(H,21,22). The average molecular weight is 320 g/mol. The third kappa shape index (κ3) is 4.42. The van der Waals surface area contributed by atoms with Crippen LogP contribution < -0.4 is 11.1 Å². The first kappa shape index (κ1) is 16.7. The summed E-state index contributed by atoms with van der Waals surface area (Å²) in [4.78, 5) is 11.7. The van der Waals surface area contributed by atoms with Crippen LogP contribution in [-0.4, -0.2) is 11.7 Å². The number of halogens is 2. The number of nitrogens with one attached hydrogen (secondary N) is 1. The van der Waals surface area contributed by atoms with Crippen molar-refractivity contribution < 1.29 is 18.3 Å². The number of anilines is 2. The molecule has 2 rings (SSSR count). The zero-order chi connectivity index (χ0) is 17.2. The lowest BCUT2D eigenvalue weighted by Gasteiger charge is -2.20. The molecule has 0 heterocycles. The molecule has 23 heavy (non-hydrogen) atoms. The molecule has 0 aliphatic rings. The summed E-state index contributed by atoms with van der Waals surface area (Å²) in [5.41, 5.74) is 6.56. The van der Waals surface area contributed by atoms with Crippen LogP contribution in [0.1, 0.15) is 20.8 Å². The molecule has 6 heteroatoms. The first-order chi connectivity index (χ1) is 10.7. The monoisotopic (exact) mass is 320 g/mol. The predicted octanol–water partition coefficient (Wildman–Crippen LogP) is 4.56. The van der Waals surface area contributed by atoms with Crippen LogP contribution in [0.2, 0.25) is 0 Å². The maximum Gasteiger partial charge on any atom is 0.412 e. The van der Waals surface area contributed by atoms with Crippen molar-refractivity contribution in [1.82, 2.24) is 0 Å². The van der Waals surface area contributed by atoms with Crippen LogP contribution >= 0.6 is 0 Å². The minimum absolute atomic E-state index is 0.224. The second-order valence-corrected chi connectivity index (χ2v) is 6.05. The second-order valence-electron chi connectivity index (χ2n) is 6.05. The summed E-state index contributed by atoms with van der Waals surface area (Å²) >= 11 is 0. The molecule has 2 aromatic rings. The number of nitrogen functional groups attached to an aromatic ring is 1.